The molecule has 0 atom stereocenters. The minimum Gasteiger partial charge on any atom is -0.296 e. The van der Waals surface area contributed by atoms with E-state index in [0.29, 0.717) is 6.54 Å². The molecule has 0 radical (unpaired) electrons. The Balaban J connectivity index is 2.11. The molecule has 0 aromatic heterocycles. The van der Waals surface area contributed by atoms with Crippen LogP contribution in [-0.2, 0) is 0 Å². The van der Waals surface area contributed by atoms with Crippen molar-refractivity contribution in [2.75, 3.05) is 19.6 Å². The van der Waals surface area contributed by atoms with E-state index in [9.17, 15) is 4.79 Å². The molecule has 0 bridgehead atoms. The lowest BCUT2D eigenvalue weighted by Crippen LogP contribution is -2.31. The highest BCUT2D eigenvalue weighted by Gasteiger charge is 2.17. The Hall–Kier alpha value is -1.15. The number of carbonyl (C=O) groups excluding carboxylic acids is 1. The molecule has 0 N–H and O–H groups in total. The van der Waals surface area contributed by atoms with Crippen molar-refractivity contribution in [3.8, 4) is 0 Å². The highest BCUT2D eigenvalue weighted by Crippen LogP contribution is 2.18. The maximum atomic E-state index is 12.5. The molecule has 1 saturated heterocycles. The van der Waals surface area contributed by atoms with Gasteiger partial charge in [-0.15, -0.1) is 0 Å². The number of hydrogen-bond acceptors (Lipinski definition) is 2. The van der Waals surface area contributed by atoms with Gasteiger partial charge in [0.15, 0.2) is 5.78 Å². The zero-order chi connectivity index (χ0) is 13.8. The van der Waals surface area contributed by atoms with Gasteiger partial charge in [-0.1, -0.05) is 30.5 Å². The molecule has 2 nitrogen and oxygen atoms in total. The van der Waals surface area contributed by atoms with Crippen molar-refractivity contribution < 1.29 is 4.79 Å². The van der Waals surface area contributed by atoms with Crippen molar-refractivity contribution in [3.63, 3.8) is 0 Å². The van der Waals surface area contributed by atoms with Crippen LogP contribution in [0, 0.1) is 20.8 Å². The molecule has 104 valence electrons. The number of carbonyl (C=O) groups is 1. The van der Waals surface area contributed by atoms with Crippen LogP contribution in [-0.4, -0.2) is 30.3 Å². The summed E-state index contributed by atoms with van der Waals surface area (Å²) in [5.74, 6) is 0.289. The molecule has 2 heteroatoms. The maximum absolute atomic E-state index is 12.5. The summed E-state index contributed by atoms with van der Waals surface area (Å²) in [4.78, 5) is 14.9. The van der Waals surface area contributed by atoms with Gasteiger partial charge in [-0.25, -0.2) is 0 Å². The Morgan fingerprint density at radius 2 is 1.53 bits per heavy atom. The summed E-state index contributed by atoms with van der Waals surface area (Å²) >= 11 is 0. The molecular formula is C17H25NO. The minimum absolute atomic E-state index is 0.289. The van der Waals surface area contributed by atoms with Crippen LogP contribution in [0.3, 0.4) is 0 Å². The molecule has 1 heterocycles. The van der Waals surface area contributed by atoms with Crippen molar-refractivity contribution in [1.29, 1.82) is 0 Å². The third kappa shape index (κ3) is 3.66. The second-order valence-electron chi connectivity index (χ2n) is 5.89. The fourth-order valence-electron chi connectivity index (χ4n) is 3.20. The van der Waals surface area contributed by atoms with Crippen LogP contribution in [0.4, 0.5) is 0 Å². The zero-order valence-electron chi connectivity index (χ0n) is 12.5. The number of ketones is 1. The van der Waals surface area contributed by atoms with Crippen LogP contribution < -0.4 is 0 Å². The Morgan fingerprint density at radius 1 is 1.00 bits per heavy atom. The molecular weight excluding hydrogens is 234 g/mol. The number of nitrogens with zero attached hydrogens (tertiary/aromatic N) is 1. The molecule has 1 aliphatic heterocycles. The summed E-state index contributed by atoms with van der Waals surface area (Å²) in [5, 5.41) is 0. The van der Waals surface area contributed by atoms with E-state index in [1.165, 1.54) is 31.2 Å². The summed E-state index contributed by atoms with van der Waals surface area (Å²) in [5.41, 5.74) is 4.42. The molecule has 1 fully saturated rings. The Bertz CT molecular complexity index is 433. The largest absolute Gasteiger partial charge is 0.296 e. The Labute approximate surface area is 116 Å². The molecule has 1 aliphatic rings. The van der Waals surface area contributed by atoms with E-state index in [-0.39, 0.29) is 5.78 Å². The summed E-state index contributed by atoms with van der Waals surface area (Å²) in [6.07, 6.45) is 5.10. The number of likely N-dealkylation sites (tertiary alicyclic amines) is 1. The molecule has 0 unspecified atom stereocenters. The van der Waals surface area contributed by atoms with Crippen LogP contribution in [0.25, 0.3) is 0 Å². The van der Waals surface area contributed by atoms with Crippen molar-refractivity contribution >= 4 is 5.78 Å². The highest BCUT2D eigenvalue weighted by molar-refractivity contribution is 6.00. The molecule has 0 spiro atoms. The van der Waals surface area contributed by atoms with Crippen molar-refractivity contribution in [3.05, 3.63) is 34.4 Å². The highest BCUT2D eigenvalue weighted by atomic mass is 16.1. The van der Waals surface area contributed by atoms with E-state index in [1.54, 1.807) is 0 Å². The van der Waals surface area contributed by atoms with Gasteiger partial charge in [-0.3, -0.25) is 9.69 Å². The topological polar surface area (TPSA) is 20.3 Å². The lowest BCUT2D eigenvalue weighted by molar-refractivity contribution is 0.0932. The number of hydrogen-bond donors (Lipinski definition) is 0. The van der Waals surface area contributed by atoms with Gasteiger partial charge >= 0.3 is 0 Å². The quantitative estimate of drug-likeness (QED) is 0.772. The summed E-state index contributed by atoms with van der Waals surface area (Å²) < 4.78 is 0. The third-order valence-electron chi connectivity index (χ3n) is 4.02. The number of rotatable bonds is 3. The number of Topliss-reactive ketones (excluding diaryl/α,β-unsaturated/α-hetero) is 1. The second kappa shape index (κ2) is 6.33. The molecule has 1 aromatic carbocycles. The first kappa shape index (κ1) is 14.3. The van der Waals surface area contributed by atoms with Gasteiger partial charge in [0.05, 0.1) is 6.54 Å². The SMILES string of the molecule is Cc1cc(C)c(C(=O)CN2CCCCCC2)c(C)c1. The average Bonchev–Trinajstić information content (AvgIpc) is 2.56. The predicted molar refractivity (Wildman–Crippen MR) is 79.9 cm³/mol. The second-order valence-corrected chi connectivity index (χ2v) is 5.89. The van der Waals surface area contributed by atoms with Gasteiger partial charge in [-0.2, -0.15) is 0 Å². The van der Waals surface area contributed by atoms with E-state index < -0.39 is 0 Å². The predicted octanol–water partition coefficient (Wildman–Crippen LogP) is 3.67. The lowest BCUT2D eigenvalue weighted by Gasteiger charge is -2.20. The van der Waals surface area contributed by atoms with Gasteiger partial charge in [0.25, 0.3) is 0 Å². The number of benzene rings is 1. The zero-order valence-corrected chi connectivity index (χ0v) is 12.5. The maximum Gasteiger partial charge on any atom is 0.177 e. The van der Waals surface area contributed by atoms with Crippen LogP contribution in [0.1, 0.15) is 52.7 Å². The van der Waals surface area contributed by atoms with Crippen LogP contribution in [0.2, 0.25) is 0 Å². The van der Waals surface area contributed by atoms with Crippen molar-refractivity contribution in [2.45, 2.75) is 46.5 Å². The normalized spacial score (nSPS) is 17.2. The van der Waals surface area contributed by atoms with E-state index in [2.05, 4.69) is 37.8 Å². The van der Waals surface area contributed by atoms with E-state index in [4.69, 9.17) is 0 Å². The van der Waals surface area contributed by atoms with Gasteiger partial charge in [0.1, 0.15) is 0 Å². The molecule has 19 heavy (non-hydrogen) atoms. The molecule has 1 aromatic rings. The first-order chi connectivity index (χ1) is 9.08. The fraction of sp³-hybridized carbons (Fsp3) is 0.588. The van der Waals surface area contributed by atoms with Crippen LogP contribution >= 0.6 is 0 Å². The average molecular weight is 259 g/mol. The van der Waals surface area contributed by atoms with E-state index >= 15 is 0 Å². The number of aryl methyl sites for hydroxylation is 3. The molecule has 0 aliphatic carbocycles. The smallest absolute Gasteiger partial charge is 0.177 e. The van der Waals surface area contributed by atoms with Gasteiger partial charge < -0.3 is 0 Å². The van der Waals surface area contributed by atoms with Crippen molar-refractivity contribution in [2.24, 2.45) is 0 Å². The molecule has 0 amide bonds. The minimum atomic E-state index is 0.289. The third-order valence-corrected chi connectivity index (χ3v) is 4.02. The summed E-state index contributed by atoms with van der Waals surface area (Å²) in [6.45, 7) is 8.94. The monoisotopic (exact) mass is 259 g/mol. The first-order valence-corrected chi connectivity index (χ1v) is 7.41. The van der Waals surface area contributed by atoms with E-state index in [1.807, 2.05) is 0 Å². The van der Waals surface area contributed by atoms with E-state index in [0.717, 1.165) is 29.8 Å². The summed E-state index contributed by atoms with van der Waals surface area (Å²) in [6, 6.07) is 4.23. The van der Waals surface area contributed by atoms with Gasteiger partial charge in [0.2, 0.25) is 0 Å². The van der Waals surface area contributed by atoms with Crippen LogP contribution in [0.15, 0.2) is 12.1 Å². The lowest BCUT2D eigenvalue weighted by atomic mass is 9.96. The molecule has 2 rings (SSSR count). The molecule has 0 saturated carbocycles. The van der Waals surface area contributed by atoms with Gasteiger partial charge in [0, 0.05) is 5.56 Å². The Morgan fingerprint density at radius 3 is 2.05 bits per heavy atom. The summed E-state index contributed by atoms with van der Waals surface area (Å²) in [7, 11) is 0. The van der Waals surface area contributed by atoms with Crippen LogP contribution in [0.5, 0.6) is 0 Å². The van der Waals surface area contributed by atoms with Gasteiger partial charge in [-0.05, 0) is 57.8 Å². The first-order valence-electron chi connectivity index (χ1n) is 7.41. The fourth-order valence-corrected chi connectivity index (χ4v) is 3.20. The van der Waals surface area contributed by atoms with Crippen molar-refractivity contribution in [1.82, 2.24) is 4.90 Å². The standard InChI is InChI=1S/C17H25NO/c1-13-10-14(2)17(15(3)11-13)16(19)12-18-8-6-4-5-7-9-18/h10-11H,4-9,12H2,1-3H3. The Kier molecular flexibility index (Phi) is 4.76.